The zero-order valence-electron chi connectivity index (χ0n) is 16.2. The Morgan fingerprint density at radius 1 is 1.11 bits per heavy atom. The third-order valence-electron chi connectivity index (χ3n) is 4.14. The number of halogens is 1. The van der Waals surface area contributed by atoms with E-state index >= 15 is 0 Å². The van der Waals surface area contributed by atoms with E-state index in [1.165, 1.54) is 12.1 Å². The van der Waals surface area contributed by atoms with Crippen molar-refractivity contribution in [2.24, 2.45) is 0 Å². The second kappa shape index (κ2) is 9.54. The van der Waals surface area contributed by atoms with Crippen LogP contribution in [0.3, 0.4) is 0 Å². The van der Waals surface area contributed by atoms with Gasteiger partial charge in [-0.1, -0.05) is 6.92 Å². The molecule has 2 aromatic carbocycles. The molecule has 2 rings (SSSR count). The number of hydrogen-bond acceptors (Lipinski definition) is 4. The van der Waals surface area contributed by atoms with E-state index in [0.29, 0.717) is 18.0 Å². The molecule has 8 heteroatoms. The van der Waals surface area contributed by atoms with Gasteiger partial charge in [-0.15, -0.1) is 0 Å². The molecule has 0 spiro atoms. The highest BCUT2D eigenvalue weighted by Crippen LogP contribution is 2.26. The summed E-state index contributed by atoms with van der Waals surface area (Å²) >= 11 is 0. The van der Waals surface area contributed by atoms with Gasteiger partial charge in [0.25, 0.3) is 10.0 Å². The molecule has 1 N–H and O–H groups in total. The van der Waals surface area contributed by atoms with Crippen LogP contribution < -0.4 is 14.4 Å². The molecule has 0 saturated carbocycles. The van der Waals surface area contributed by atoms with E-state index in [4.69, 9.17) is 4.74 Å². The van der Waals surface area contributed by atoms with E-state index in [2.05, 4.69) is 5.32 Å². The third-order valence-corrected chi connectivity index (χ3v) is 5.93. The summed E-state index contributed by atoms with van der Waals surface area (Å²) in [6, 6.07) is 10.8. The minimum atomic E-state index is -4.07. The van der Waals surface area contributed by atoms with Gasteiger partial charge in [-0.25, -0.2) is 12.8 Å². The lowest BCUT2D eigenvalue weighted by molar-refractivity contribution is -0.120. The molecule has 0 saturated heterocycles. The van der Waals surface area contributed by atoms with Crippen molar-refractivity contribution >= 4 is 21.6 Å². The summed E-state index contributed by atoms with van der Waals surface area (Å²) in [5, 5.41) is 2.76. The molecule has 0 aromatic heterocycles. The first-order chi connectivity index (χ1) is 13.3. The number of carbonyl (C=O) groups is 1. The first kappa shape index (κ1) is 21.7. The topological polar surface area (TPSA) is 75.7 Å². The normalized spacial score (nSPS) is 12.3. The molecule has 0 bridgehead atoms. The zero-order valence-corrected chi connectivity index (χ0v) is 17.0. The summed E-state index contributed by atoms with van der Waals surface area (Å²) in [5.41, 5.74) is 0.312. The van der Waals surface area contributed by atoms with Crippen LogP contribution in [-0.2, 0) is 14.8 Å². The number of anilines is 1. The molecule has 1 amide bonds. The molecule has 2 aromatic rings. The molecule has 152 valence electrons. The van der Waals surface area contributed by atoms with Gasteiger partial charge in [0.05, 0.1) is 17.2 Å². The minimum absolute atomic E-state index is 0.0804. The molecule has 6 nitrogen and oxygen atoms in total. The second-order valence-electron chi connectivity index (χ2n) is 6.27. The summed E-state index contributed by atoms with van der Waals surface area (Å²) < 4.78 is 45.9. The van der Waals surface area contributed by atoms with Gasteiger partial charge in [-0.05, 0) is 68.8 Å². The monoisotopic (exact) mass is 408 g/mol. The van der Waals surface area contributed by atoms with Crippen LogP contribution in [-0.4, -0.2) is 33.5 Å². The Kier molecular flexibility index (Phi) is 7.39. The van der Waals surface area contributed by atoms with Gasteiger partial charge >= 0.3 is 0 Å². The fourth-order valence-corrected chi connectivity index (χ4v) is 3.90. The van der Waals surface area contributed by atoms with Crippen molar-refractivity contribution in [3.8, 4) is 5.75 Å². The van der Waals surface area contributed by atoms with Crippen molar-refractivity contribution in [3.05, 3.63) is 54.3 Å². The standard InChI is InChI=1S/C20H25FN2O4S/c1-4-15(3)22-20(24)14-23(17-8-10-18(11-9-17)27-5-2)28(25,26)19-12-6-16(21)7-13-19/h6-13,15H,4-5,14H2,1-3H3,(H,22,24)/t15-/m1/s1. The number of nitrogens with one attached hydrogen (secondary N) is 1. The summed E-state index contributed by atoms with van der Waals surface area (Å²) in [5.74, 6) is -0.371. The van der Waals surface area contributed by atoms with E-state index in [1.54, 1.807) is 24.3 Å². The number of hydrogen-bond donors (Lipinski definition) is 1. The molecule has 0 heterocycles. The number of amides is 1. The lowest BCUT2D eigenvalue weighted by Gasteiger charge is -2.25. The van der Waals surface area contributed by atoms with E-state index in [9.17, 15) is 17.6 Å². The van der Waals surface area contributed by atoms with Crippen LogP contribution in [0.15, 0.2) is 53.4 Å². The van der Waals surface area contributed by atoms with Crippen LogP contribution in [0.5, 0.6) is 5.75 Å². The highest BCUT2D eigenvalue weighted by atomic mass is 32.2. The summed E-state index contributed by atoms with van der Waals surface area (Å²) in [7, 11) is -4.07. The van der Waals surface area contributed by atoms with Crippen LogP contribution in [0.2, 0.25) is 0 Å². The van der Waals surface area contributed by atoms with Crippen LogP contribution in [0.25, 0.3) is 0 Å². The molecule has 0 radical (unpaired) electrons. The predicted octanol–water partition coefficient (Wildman–Crippen LogP) is 3.33. The second-order valence-corrected chi connectivity index (χ2v) is 8.13. The molecule has 0 aliphatic carbocycles. The van der Waals surface area contributed by atoms with E-state index in [1.807, 2.05) is 20.8 Å². The fourth-order valence-electron chi connectivity index (χ4n) is 2.48. The van der Waals surface area contributed by atoms with E-state index < -0.39 is 28.3 Å². The number of benzene rings is 2. The van der Waals surface area contributed by atoms with Gasteiger partial charge in [0, 0.05) is 6.04 Å². The Bertz CT molecular complexity index is 883. The number of ether oxygens (including phenoxy) is 1. The van der Waals surface area contributed by atoms with E-state index in [-0.39, 0.29) is 10.9 Å². The van der Waals surface area contributed by atoms with Crippen molar-refractivity contribution in [2.75, 3.05) is 17.5 Å². The number of rotatable bonds is 9. The summed E-state index contributed by atoms with van der Waals surface area (Å²) in [4.78, 5) is 12.3. The maximum absolute atomic E-state index is 13.2. The Balaban J connectivity index is 2.40. The van der Waals surface area contributed by atoms with Crippen LogP contribution in [0, 0.1) is 5.82 Å². The Morgan fingerprint density at radius 3 is 2.25 bits per heavy atom. The quantitative estimate of drug-likeness (QED) is 0.691. The van der Waals surface area contributed by atoms with Gasteiger partial charge in [0.15, 0.2) is 0 Å². The summed E-state index contributed by atoms with van der Waals surface area (Å²) in [6.45, 7) is 5.70. The van der Waals surface area contributed by atoms with Crippen molar-refractivity contribution in [2.45, 2.75) is 38.1 Å². The van der Waals surface area contributed by atoms with Crippen molar-refractivity contribution in [1.82, 2.24) is 5.32 Å². The van der Waals surface area contributed by atoms with Crippen molar-refractivity contribution < 1.29 is 22.3 Å². The molecule has 0 aliphatic heterocycles. The van der Waals surface area contributed by atoms with Gasteiger partial charge in [0.1, 0.15) is 18.1 Å². The van der Waals surface area contributed by atoms with Crippen LogP contribution in [0.4, 0.5) is 10.1 Å². The Morgan fingerprint density at radius 2 is 1.71 bits per heavy atom. The van der Waals surface area contributed by atoms with Gasteiger partial charge < -0.3 is 10.1 Å². The first-order valence-electron chi connectivity index (χ1n) is 9.08. The van der Waals surface area contributed by atoms with Gasteiger partial charge in [-0.3, -0.25) is 9.10 Å². The predicted molar refractivity (Wildman–Crippen MR) is 106 cm³/mol. The lowest BCUT2D eigenvalue weighted by Crippen LogP contribution is -2.43. The molecule has 0 unspecified atom stereocenters. The molecule has 0 aliphatic rings. The number of carbonyl (C=O) groups excluding carboxylic acids is 1. The third kappa shape index (κ3) is 5.45. The Hall–Kier alpha value is -2.61. The number of sulfonamides is 1. The minimum Gasteiger partial charge on any atom is -0.494 e. The van der Waals surface area contributed by atoms with Crippen LogP contribution >= 0.6 is 0 Å². The maximum Gasteiger partial charge on any atom is 0.264 e. The smallest absolute Gasteiger partial charge is 0.264 e. The molecule has 1 atom stereocenters. The zero-order chi connectivity index (χ0) is 20.7. The summed E-state index contributed by atoms with van der Waals surface area (Å²) in [6.07, 6.45) is 0.722. The first-order valence-corrected chi connectivity index (χ1v) is 10.5. The van der Waals surface area contributed by atoms with E-state index in [0.717, 1.165) is 22.9 Å². The SMILES string of the molecule is CCOc1ccc(N(CC(=O)N[C@H](C)CC)S(=O)(=O)c2ccc(F)cc2)cc1. The largest absolute Gasteiger partial charge is 0.494 e. The molecular formula is C20H25FN2O4S. The molecular weight excluding hydrogens is 383 g/mol. The highest BCUT2D eigenvalue weighted by molar-refractivity contribution is 7.92. The fraction of sp³-hybridized carbons (Fsp3) is 0.350. The average Bonchev–Trinajstić information content (AvgIpc) is 2.67. The lowest BCUT2D eigenvalue weighted by atomic mass is 10.2. The molecule has 28 heavy (non-hydrogen) atoms. The van der Waals surface area contributed by atoms with Crippen molar-refractivity contribution in [3.63, 3.8) is 0 Å². The van der Waals surface area contributed by atoms with Crippen molar-refractivity contribution in [1.29, 1.82) is 0 Å². The maximum atomic E-state index is 13.2. The number of nitrogens with zero attached hydrogens (tertiary/aromatic N) is 1. The van der Waals surface area contributed by atoms with Gasteiger partial charge in [0.2, 0.25) is 5.91 Å². The molecule has 0 fully saturated rings. The van der Waals surface area contributed by atoms with Crippen LogP contribution in [0.1, 0.15) is 27.2 Å². The van der Waals surface area contributed by atoms with Gasteiger partial charge in [-0.2, -0.15) is 0 Å². The average molecular weight is 408 g/mol. The Labute approximate surface area is 165 Å². The highest BCUT2D eigenvalue weighted by Gasteiger charge is 2.27.